The lowest BCUT2D eigenvalue weighted by atomic mass is 10.1. The Morgan fingerprint density at radius 2 is 1.84 bits per heavy atom. The third-order valence-electron chi connectivity index (χ3n) is 4.34. The van der Waals surface area contributed by atoms with Gasteiger partial charge < -0.3 is 15.8 Å². The van der Waals surface area contributed by atoms with Crippen molar-refractivity contribution in [3.8, 4) is 0 Å². The normalized spacial score (nSPS) is 10.8. The van der Waals surface area contributed by atoms with E-state index in [1.165, 1.54) is 7.05 Å². The molecule has 1 amide bonds. The summed E-state index contributed by atoms with van der Waals surface area (Å²) in [5, 5.41) is 2.07. The zero-order chi connectivity index (χ0) is 24.2. The van der Waals surface area contributed by atoms with Gasteiger partial charge in [-0.25, -0.2) is 13.6 Å². The van der Waals surface area contributed by atoms with Gasteiger partial charge in [0.2, 0.25) is 5.78 Å². The lowest BCUT2D eigenvalue weighted by molar-refractivity contribution is -0.141. The van der Waals surface area contributed by atoms with Crippen LogP contribution in [-0.4, -0.2) is 39.9 Å². The van der Waals surface area contributed by atoms with Crippen molar-refractivity contribution in [1.82, 2.24) is 14.5 Å². The van der Waals surface area contributed by atoms with E-state index in [-0.39, 0.29) is 18.3 Å². The highest BCUT2D eigenvalue weighted by molar-refractivity contribution is 6.01. The maximum Gasteiger partial charge on any atom is 0.332 e. The molecule has 32 heavy (non-hydrogen) atoms. The zero-order valence-corrected chi connectivity index (χ0v) is 17.6. The molecule has 0 saturated carbocycles. The van der Waals surface area contributed by atoms with Crippen molar-refractivity contribution in [2.45, 2.75) is 20.4 Å². The predicted molar refractivity (Wildman–Crippen MR) is 109 cm³/mol. The molecule has 0 aliphatic rings. The van der Waals surface area contributed by atoms with Gasteiger partial charge >= 0.3 is 11.7 Å². The number of halogens is 2. The van der Waals surface area contributed by atoms with Crippen molar-refractivity contribution in [2.75, 3.05) is 18.9 Å². The average molecular weight is 452 g/mol. The molecule has 0 aliphatic carbocycles. The van der Waals surface area contributed by atoms with Gasteiger partial charge in [0.25, 0.3) is 11.5 Å². The lowest BCUT2D eigenvalue weighted by Gasteiger charge is -2.16. The number of nitrogens with two attached hydrogens (primary N) is 1. The Labute approximate surface area is 180 Å². The van der Waals surface area contributed by atoms with Crippen LogP contribution in [0, 0.1) is 17.6 Å². The quantitative estimate of drug-likeness (QED) is 0.431. The molecule has 0 aliphatic heterocycles. The van der Waals surface area contributed by atoms with E-state index in [2.05, 4.69) is 5.32 Å². The molecule has 0 bridgehead atoms. The molecule has 2 aromatic rings. The topological polar surface area (TPSA) is 142 Å². The first kappa shape index (κ1) is 24.4. The minimum atomic E-state index is -1.12. The first-order valence-electron chi connectivity index (χ1n) is 9.45. The number of ether oxygens (including phenoxy) is 1. The zero-order valence-electron chi connectivity index (χ0n) is 17.6. The molecule has 3 N–H and O–H groups in total. The van der Waals surface area contributed by atoms with E-state index >= 15 is 0 Å². The Balaban J connectivity index is 2.07. The molecule has 10 nitrogen and oxygen atoms in total. The van der Waals surface area contributed by atoms with Gasteiger partial charge in [0, 0.05) is 19.7 Å². The van der Waals surface area contributed by atoms with Crippen LogP contribution in [0.2, 0.25) is 0 Å². The van der Waals surface area contributed by atoms with Crippen molar-refractivity contribution in [1.29, 1.82) is 0 Å². The molecule has 0 spiro atoms. The summed E-state index contributed by atoms with van der Waals surface area (Å²) >= 11 is 0. The molecule has 12 heteroatoms. The van der Waals surface area contributed by atoms with Crippen LogP contribution in [0.4, 0.5) is 14.6 Å². The molecule has 0 saturated heterocycles. The largest absolute Gasteiger partial charge is 0.456 e. The molecule has 1 aromatic carbocycles. The second kappa shape index (κ2) is 9.98. The lowest BCUT2D eigenvalue weighted by Crippen LogP contribution is -2.43. The van der Waals surface area contributed by atoms with E-state index in [4.69, 9.17) is 10.5 Å². The molecule has 0 fully saturated rings. The number of hydrogen-bond donors (Lipinski definition) is 2. The Morgan fingerprint density at radius 1 is 1.19 bits per heavy atom. The van der Waals surface area contributed by atoms with Crippen LogP contribution in [0.25, 0.3) is 0 Å². The Kier molecular flexibility index (Phi) is 7.63. The molecule has 2 rings (SSSR count). The highest BCUT2D eigenvalue weighted by atomic mass is 19.1. The van der Waals surface area contributed by atoms with Gasteiger partial charge in [-0.3, -0.25) is 28.3 Å². The number of nitrogen functional groups attached to an aromatic ring is 1. The first-order valence-corrected chi connectivity index (χ1v) is 9.45. The first-order chi connectivity index (χ1) is 14.9. The van der Waals surface area contributed by atoms with Crippen LogP contribution < -0.4 is 22.3 Å². The van der Waals surface area contributed by atoms with Gasteiger partial charge in [0.05, 0.1) is 5.56 Å². The van der Waals surface area contributed by atoms with Gasteiger partial charge in [0.1, 0.15) is 29.6 Å². The number of rotatable bonds is 8. The number of Topliss-reactive ketones (excluding diaryl/α,β-unsaturated/α-hetero) is 1. The average Bonchev–Trinajstić information content (AvgIpc) is 2.72. The van der Waals surface area contributed by atoms with Crippen LogP contribution in [-0.2, 0) is 23.1 Å². The second-order valence-corrected chi connectivity index (χ2v) is 7.30. The number of nitrogens with zero attached hydrogens (tertiary/aromatic N) is 2. The number of esters is 1. The highest BCUT2D eigenvalue weighted by Gasteiger charge is 2.23. The molecular weight excluding hydrogens is 430 g/mol. The summed E-state index contributed by atoms with van der Waals surface area (Å²) < 4.78 is 33.0. The van der Waals surface area contributed by atoms with Crippen LogP contribution in [0.3, 0.4) is 0 Å². The summed E-state index contributed by atoms with van der Waals surface area (Å²) in [6.45, 7) is 2.19. The third kappa shape index (κ3) is 5.45. The SMILES string of the molecule is CC(C)Cn1c(N)c(C(=O)COC(=O)CNC(=O)c2ccc(F)cc2F)c(=O)n(C)c1=O. The van der Waals surface area contributed by atoms with E-state index in [9.17, 15) is 32.8 Å². The molecule has 1 heterocycles. The van der Waals surface area contributed by atoms with Gasteiger partial charge in [0.15, 0.2) is 6.61 Å². The predicted octanol–water partition coefficient (Wildman–Crippen LogP) is 0.219. The van der Waals surface area contributed by atoms with Crippen LogP contribution in [0.1, 0.15) is 34.6 Å². The number of nitrogens with one attached hydrogen (secondary N) is 1. The molecule has 0 atom stereocenters. The van der Waals surface area contributed by atoms with E-state index in [0.29, 0.717) is 6.07 Å². The molecule has 0 unspecified atom stereocenters. The van der Waals surface area contributed by atoms with Crippen LogP contribution in [0.15, 0.2) is 27.8 Å². The standard InChI is InChI=1S/C20H22F2N4O6/c1-10(2)8-26-17(23)16(19(30)25(3)20(26)31)14(27)9-32-15(28)7-24-18(29)12-5-4-11(21)6-13(12)22/h4-6,10H,7-9,23H2,1-3H3,(H,24,29). The summed E-state index contributed by atoms with van der Waals surface area (Å²) in [6.07, 6.45) is 0. The number of benzene rings is 1. The van der Waals surface area contributed by atoms with E-state index in [1.54, 1.807) is 0 Å². The number of ketones is 1. The van der Waals surface area contributed by atoms with E-state index < -0.39 is 64.8 Å². The van der Waals surface area contributed by atoms with Gasteiger partial charge in [-0.05, 0) is 18.1 Å². The summed E-state index contributed by atoms with van der Waals surface area (Å²) in [5.74, 6) is -5.33. The Morgan fingerprint density at radius 3 is 2.44 bits per heavy atom. The maximum atomic E-state index is 13.6. The molecule has 0 radical (unpaired) electrons. The van der Waals surface area contributed by atoms with Crippen LogP contribution in [0.5, 0.6) is 0 Å². The number of carbonyl (C=O) groups excluding carboxylic acids is 3. The Bertz CT molecular complexity index is 1190. The summed E-state index contributed by atoms with van der Waals surface area (Å²) in [6, 6.07) is 2.29. The third-order valence-corrected chi connectivity index (χ3v) is 4.34. The van der Waals surface area contributed by atoms with Crippen LogP contribution >= 0.6 is 0 Å². The number of aromatic nitrogens is 2. The van der Waals surface area contributed by atoms with Crippen molar-refractivity contribution in [3.05, 3.63) is 61.8 Å². The fourth-order valence-corrected chi connectivity index (χ4v) is 2.78. The Hall–Kier alpha value is -3.83. The fraction of sp³-hybridized carbons (Fsp3) is 0.350. The van der Waals surface area contributed by atoms with Crippen molar-refractivity contribution >= 4 is 23.5 Å². The molecule has 1 aromatic heterocycles. The van der Waals surface area contributed by atoms with Gasteiger partial charge in [-0.15, -0.1) is 0 Å². The molecule has 172 valence electrons. The number of anilines is 1. The second-order valence-electron chi connectivity index (χ2n) is 7.30. The molecular formula is C20H22F2N4O6. The number of hydrogen-bond acceptors (Lipinski definition) is 7. The van der Waals surface area contributed by atoms with E-state index in [1.807, 2.05) is 13.8 Å². The number of carbonyl (C=O) groups is 3. The van der Waals surface area contributed by atoms with E-state index in [0.717, 1.165) is 21.3 Å². The monoisotopic (exact) mass is 452 g/mol. The van der Waals surface area contributed by atoms with Crippen molar-refractivity contribution < 1.29 is 27.9 Å². The number of amides is 1. The summed E-state index contributed by atoms with van der Waals surface area (Å²) in [4.78, 5) is 60.8. The van der Waals surface area contributed by atoms with Gasteiger partial charge in [-0.2, -0.15) is 0 Å². The highest BCUT2D eigenvalue weighted by Crippen LogP contribution is 2.10. The van der Waals surface area contributed by atoms with Crippen molar-refractivity contribution in [3.63, 3.8) is 0 Å². The minimum Gasteiger partial charge on any atom is -0.456 e. The fourth-order valence-electron chi connectivity index (χ4n) is 2.78. The smallest absolute Gasteiger partial charge is 0.332 e. The maximum absolute atomic E-state index is 13.6. The summed E-state index contributed by atoms with van der Waals surface area (Å²) in [5.41, 5.74) is 3.25. The van der Waals surface area contributed by atoms with Crippen molar-refractivity contribution in [2.24, 2.45) is 13.0 Å². The summed E-state index contributed by atoms with van der Waals surface area (Å²) in [7, 11) is 1.19. The minimum absolute atomic E-state index is 0.0113. The van der Waals surface area contributed by atoms with Gasteiger partial charge in [-0.1, -0.05) is 13.8 Å².